The SMILES string of the molecule is CCCCCCCCO.c1ccoc1. The van der Waals surface area contributed by atoms with Crippen LogP contribution >= 0.6 is 0 Å². The minimum atomic E-state index is 0.367. The molecule has 0 spiro atoms. The monoisotopic (exact) mass is 198 g/mol. The van der Waals surface area contributed by atoms with Crippen molar-refractivity contribution in [1.29, 1.82) is 0 Å². The fourth-order valence-corrected chi connectivity index (χ4v) is 1.12. The lowest BCUT2D eigenvalue weighted by atomic mass is 10.1. The van der Waals surface area contributed by atoms with E-state index in [4.69, 9.17) is 5.11 Å². The Morgan fingerprint density at radius 1 is 0.929 bits per heavy atom. The molecule has 82 valence electrons. The molecule has 2 nitrogen and oxygen atoms in total. The number of aliphatic hydroxyl groups excluding tert-OH is 1. The van der Waals surface area contributed by atoms with Gasteiger partial charge in [0.2, 0.25) is 0 Å². The number of hydrogen-bond acceptors (Lipinski definition) is 2. The summed E-state index contributed by atoms with van der Waals surface area (Å²) in [7, 11) is 0. The lowest BCUT2D eigenvalue weighted by Gasteiger charge is -1.95. The topological polar surface area (TPSA) is 33.4 Å². The van der Waals surface area contributed by atoms with Crippen LogP contribution in [0.2, 0.25) is 0 Å². The van der Waals surface area contributed by atoms with Crippen LogP contribution in [0.1, 0.15) is 45.4 Å². The average Bonchev–Trinajstić information content (AvgIpc) is 2.76. The molecule has 0 aromatic carbocycles. The first-order chi connectivity index (χ1) is 6.91. The molecule has 0 radical (unpaired) electrons. The largest absolute Gasteiger partial charge is 0.473 e. The molecule has 0 bridgehead atoms. The van der Waals surface area contributed by atoms with Gasteiger partial charge in [-0.2, -0.15) is 0 Å². The van der Waals surface area contributed by atoms with Crippen LogP contribution in [0.25, 0.3) is 0 Å². The maximum Gasteiger partial charge on any atom is 0.0902 e. The first-order valence-corrected chi connectivity index (χ1v) is 5.49. The quantitative estimate of drug-likeness (QED) is 0.708. The second-order valence-electron chi connectivity index (χ2n) is 3.28. The smallest absolute Gasteiger partial charge is 0.0902 e. The summed E-state index contributed by atoms with van der Waals surface area (Å²) in [4.78, 5) is 0. The molecule has 1 aromatic rings. The van der Waals surface area contributed by atoms with Crippen molar-refractivity contribution >= 4 is 0 Å². The van der Waals surface area contributed by atoms with Crippen LogP contribution in [0.3, 0.4) is 0 Å². The van der Waals surface area contributed by atoms with E-state index in [1.807, 2.05) is 12.1 Å². The minimum Gasteiger partial charge on any atom is -0.473 e. The molecule has 0 atom stereocenters. The van der Waals surface area contributed by atoms with Crippen molar-refractivity contribution < 1.29 is 9.52 Å². The van der Waals surface area contributed by atoms with E-state index in [1.54, 1.807) is 12.5 Å². The third-order valence-electron chi connectivity index (χ3n) is 1.94. The highest BCUT2D eigenvalue weighted by Gasteiger charge is 1.86. The van der Waals surface area contributed by atoms with Crippen LogP contribution in [0.15, 0.2) is 29.1 Å². The van der Waals surface area contributed by atoms with Crippen LogP contribution in [-0.2, 0) is 0 Å². The Balaban J connectivity index is 0.000000280. The zero-order valence-electron chi connectivity index (χ0n) is 9.11. The molecular weight excluding hydrogens is 176 g/mol. The zero-order valence-corrected chi connectivity index (χ0v) is 9.11. The van der Waals surface area contributed by atoms with E-state index in [2.05, 4.69) is 11.3 Å². The first kappa shape index (κ1) is 13.2. The van der Waals surface area contributed by atoms with E-state index in [9.17, 15) is 0 Å². The van der Waals surface area contributed by atoms with Gasteiger partial charge in [0.15, 0.2) is 0 Å². The van der Waals surface area contributed by atoms with Crippen LogP contribution in [0, 0.1) is 0 Å². The molecule has 1 aromatic heterocycles. The maximum atomic E-state index is 8.42. The number of rotatable bonds is 6. The summed E-state index contributed by atoms with van der Waals surface area (Å²) in [5, 5.41) is 8.42. The Morgan fingerprint density at radius 3 is 1.93 bits per heavy atom. The summed E-state index contributed by atoms with van der Waals surface area (Å²) in [6.45, 7) is 2.58. The van der Waals surface area contributed by atoms with Crippen LogP contribution in [0.4, 0.5) is 0 Å². The Morgan fingerprint density at radius 2 is 1.50 bits per heavy atom. The van der Waals surface area contributed by atoms with Crippen LogP contribution in [-0.4, -0.2) is 11.7 Å². The van der Waals surface area contributed by atoms with Gasteiger partial charge in [0.25, 0.3) is 0 Å². The predicted octanol–water partition coefficient (Wildman–Crippen LogP) is 3.62. The van der Waals surface area contributed by atoms with Crippen molar-refractivity contribution in [3.8, 4) is 0 Å². The highest BCUT2D eigenvalue weighted by atomic mass is 16.3. The minimum absolute atomic E-state index is 0.367. The summed E-state index contributed by atoms with van der Waals surface area (Å²) in [6.07, 6.45) is 10.7. The molecule has 1 N–H and O–H groups in total. The van der Waals surface area contributed by atoms with Gasteiger partial charge in [-0.1, -0.05) is 39.0 Å². The molecule has 0 amide bonds. The molecule has 1 rings (SSSR count). The summed E-state index contributed by atoms with van der Waals surface area (Å²) in [5.41, 5.74) is 0. The molecule has 1 heterocycles. The predicted molar refractivity (Wildman–Crippen MR) is 59.2 cm³/mol. The fraction of sp³-hybridized carbons (Fsp3) is 0.667. The maximum absolute atomic E-state index is 8.42. The Bertz CT molecular complexity index is 136. The van der Waals surface area contributed by atoms with Gasteiger partial charge in [0, 0.05) is 6.61 Å². The van der Waals surface area contributed by atoms with Crippen molar-refractivity contribution in [3.63, 3.8) is 0 Å². The highest BCUT2D eigenvalue weighted by Crippen LogP contribution is 2.03. The lowest BCUT2D eigenvalue weighted by molar-refractivity contribution is 0.282. The van der Waals surface area contributed by atoms with Gasteiger partial charge in [-0.25, -0.2) is 0 Å². The molecule has 0 saturated carbocycles. The summed E-state index contributed by atoms with van der Waals surface area (Å²) in [6, 6.07) is 3.67. The Labute approximate surface area is 86.9 Å². The zero-order chi connectivity index (χ0) is 10.5. The summed E-state index contributed by atoms with van der Waals surface area (Å²) < 4.78 is 4.58. The van der Waals surface area contributed by atoms with Gasteiger partial charge in [0.05, 0.1) is 12.5 Å². The van der Waals surface area contributed by atoms with Gasteiger partial charge in [-0.15, -0.1) is 0 Å². The van der Waals surface area contributed by atoms with Gasteiger partial charge in [-0.05, 0) is 18.6 Å². The van der Waals surface area contributed by atoms with Crippen molar-refractivity contribution in [2.45, 2.75) is 45.4 Å². The van der Waals surface area contributed by atoms with E-state index in [0.717, 1.165) is 6.42 Å². The highest BCUT2D eigenvalue weighted by molar-refractivity contribution is 4.79. The van der Waals surface area contributed by atoms with E-state index in [1.165, 1.54) is 32.1 Å². The molecule has 2 heteroatoms. The Hall–Kier alpha value is -0.760. The fourth-order valence-electron chi connectivity index (χ4n) is 1.12. The second-order valence-corrected chi connectivity index (χ2v) is 3.28. The normalized spacial score (nSPS) is 9.29. The average molecular weight is 198 g/mol. The third-order valence-corrected chi connectivity index (χ3v) is 1.94. The van der Waals surface area contributed by atoms with Gasteiger partial charge in [0.1, 0.15) is 0 Å². The Kier molecular flexibility index (Phi) is 11.6. The molecular formula is C12H22O2. The van der Waals surface area contributed by atoms with Gasteiger partial charge >= 0.3 is 0 Å². The van der Waals surface area contributed by atoms with Crippen molar-refractivity contribution in [3.05, 3.63) is 24.7 Å². The van der Waals surface area contributed by atoms with Crippen LogP contribution < -0.4 is 0 Å². The lowest BCUT2D eigenvalue weighted by Crippen LogP contribution is -1.82. The van der Waals surface area contributed by atoms with Crippen LogP contribution in [0.5, 0.6) is 0 Å². The summed E-state index contributed by atoms with van der Waals surface area (Å²) >= 11 is 0. The molecule has 0 saturated heterocycles. The molecule has 0 aliphatic rings. The number of hydrogen-bond donors (Lipinski definition) is 1. The third kappa shape index (κ3) is 11.2. The van der Waals surface area contributed by atoms with Crippen molar-refractivity contribution in [1.82, 2.24) is 0 Å². The second kappa shape index (κ2) is 12.2. The van der Waals surface area contributed by atoms with E-state index in [-0.39, 0.29) is 0 Å². The number of furan rings is 1. The molecule has 14 heavy (non-hydrogen) atoms. The molecule has 0 aliphatic carbocycles. The van der Waals surface area contributed by atoms with E-state index in [0.29, 0.717) is 6.61 Å². The first-order valence-electron chi connectivity index (χ1n) is 5.49. The van der Waals surface area contributed by atoms with Gasteiger partial charge < -0.3 is 9.52 Å². The van der Waals surface area contributed by atoms with Gasteiger partial charge in [-0.3, -0.25) is 0 Å². The van der Waals surface area contributed by atoms with E-state index >= 15 is 0 Å². The number of unbranched alkanes of at least 4 members (excludes halogenated alkanes) is 5. The molecule has 0 fully saturated rings. The van der Waals surface area contributed by atoms with Crippen molar-refractivity contribution in [2.75, 3.05) is 6.61 Å². The summed E-state index contributed by atoms with van der Waals surface area (Å²) in [5.74, 6) is 0. The van der Waals surface area contributed by atoms with E-state index < -0.39 is 0 Å². The van der Waals surface area contributed by atoms with Crippen molar-refractivity contribution in [2.24, 2.45) is 0 Å². The number of aliphatic hydroxyl groups is 1. The molecule has 0 unspecified atom stereocenters. The standard InChI is InChI=1S/C8H18O.C4H4O/c1-2-3-4-5-6-7-8-9;1-2-4-5-3-1/h9H,2-8H2,1H3;1-4H. The molecule has 0 aliphatic heterocycles.